The fourth-order valence-corrected chi connectivity index (χ4v) is 3.26. The molecule has 0 saturated heterocycles. The molecular weight excluding hydrogens is 380 g/mol. The molecule has 144 valence electrons. The highest BCUT2D eigenvalue weighted by molar-refractivity contribution is 6.30. The minimum Gasteiger partial charge on any atom is -0.493 e. The summed E-state index contributed by atoms with van der Waals surface area (Å²) in [5.41, 5.74) is 1.47. The van der Waals surface area contributed by atoms with Crippen molar-refractivity contribution >= 4 is 23.2 Å². The normalized spacial score (nSPS) is 14.4. The van der Waals surface area contributed by atoms with Gasteiger partial charge in [-0.2, -0.15) is 0 Å². The Balaban J connectivity index is 1.56. The molecular formula is C21H19ClN2O4. The first kappa shape index (κ1) is 18.4. The number of benzene rings is 2. The SMILES string of the molecule is COc1ccc(-c2cc(C3(C(=O)Nc4ccc(Cl)cc4)CC3)no2)cc1OC. The highest BCUT2D eigenvalue weighted by Crippen LogP contribution is 2.49. The average Bonchev–Trinajstić information content (AvgIpc) is 3.39. The standard InChI is InChI=1S/C21H19ClN2O4/c1-26-16-8-3-13(11-18(16)27-2)17-12-19(24-28-17)21(9-10-21)20(25)23-15-6-4-14(22)5-7-15/h3-8,11-12H,9-10H2,1-2H3,(H,23,25). The van der Waals surface area contributed by atoms with Crippen LogP contribution in [-0.4, -0.2) is 25.3 Å². The van der Waals surface area contributed by atoms with Crippen LogP contribution in [0.25, 0.3) is 11.3 Å². The molecule has 6 nitrogen and oxygen atoms in total. The lowest BCUT2D eigenvalue weighted by Crippen LogP contribution is -2.28. The molecule has 0 radical (unpaired) electrons. The third kappa shape index (κ3) is 3.31. The predicted octanol–water partition coefficient (Wildman–Crippen LogP) is 4.68. The van der Waals surface area contributed by atoms with Gasteiger partial charge >= 0.3 is 0 Å². The number of ether oxygens (including phenoxy) is 2. The maximum absolute atomic E-state index is 12.8. The Hall–Kier alpha value is -2.99. The van der Waals surface area contributed by atoms with Crippen LogP contribution in [0, 0.1) is 0 Å². The molecule has 28 heavy (non-hydrogen) atoms. The second-order valence-electron chi connectivity index (χ2n) is 6.69. The third-order valence-electron chi connectivity index (χ3n) is 4.96. The van der Waals surface area contributed by atoms with Crippen LogP contribution in [0.5, 0.6) is 11.5 Å². The Morgan fingerprint density at radius 3 is 2.43 bits per heavy atom. The maximum Gasteiger partial charge on any atom is 0.236 e. The number of methoxy groups -OCH3 is 2. The number of aromatic nitrogens is 1. The maximum atomic E-state index is 12.8. The summed E-state index contributed by atoms with van der Waals surface area (Å²) in [4.78, 5) is 12.8. The van der Waals surface area contributed by atoms with E-state index in [1.165, 1.54) is 0 Å². The molecule has 1 heterocycles. The molecule has 1 aliphatic rings. The van der Waals surface area contributed by atoms with E-state index >= 15 is 0 Å². The van der Waals surface area contributed by atoms with Crippen LogP contribution in [0.4, 0.5) is 5.69 Å². The Morgan fingerprint density at radius 2 is 1.79 bits per heavy atom. The molecule has 0 aliphatic heterocycles. The van der Waals surface area contributed by atoms with Crippen molar-refractivity contribution < 1.29 is 18.8 Å². The van der Waals surface area contributed by atoms with Crippen molar-refractivity contribution in [3.8, 4) is 22.8 Å². The molecule has 0 bridgehead atoms. The molecule has 1 amide bonds. The van der Waals surface area contributed by atoms with Crippen molar-refractivity contribution in [3.05, 3.63) is 59.2 Å². The fourth-order valence-electron chi connectivity index (χ4n) is 3.13. The van der Waals surface area contributed by atoms with Crippen molar-refractivity contribution in [2.75, 3.05) is 19.5 Å². The number of carbonyl (C=O) groups excluding carboxylic acids is 1. The van der Waals surface area contributed by atoms with E-state index in [2.05, 4.69) is 10.5 Å². The Morgan fingerprint density at radius 1 is 1.07 bits per heavy atom. The Kier molecular flexibility index (Phi) is 4.73. The molecule has 1 fully saturated rings. The van der Waals surface area contributed by atoms with Crippen LogP contribution in [0.3, 0.4) is 0 Å². The van der Waals surface area contributed by atoms with Crippen molar-refractivity contribution in [2.24, 2.45) is 0 Å². The predicted molar refractivity (Wildman–Crippen MR) is 106 cm³/mol. The number of rotatable bonds is 6. The lowest BCUT2D eigenvalue weighted by Gasteiger charge is -2.12. The lowest BCUT2D eigenvalue weighted by atomic mass is 10.00. The van der Waals surface area contributed by atoms with Crippen molar-refractivity contribution in [1.29, 1.82) is 0 Å². The minimum atomic E-state index is -0.655. The summed E-state index contributed by atoms with van der Waals surface area (Å²) >= 11 is 5.90. The van der Waals surface area contributed by atoms with Gasteiger partial charge in [-0.25, -0.2) is 0 Å². The van der Waals surface area contributed by atoms with Gasteiger partial charge in [-0.05, 0) is 55.3 Å². The summed E-state index contributed by atoms with van der Waals surface area (Å²) in [5.74, 6) is 1.70. The van der Waals surface area contributed by atoms with E-state index in [1.54, 1.807) is 44.6 Å². The molecule has 0 unspecified atom stereocenters. The fraction of sp³-hybridized carbons (Fsp3) is 0.238. The van der Waals surface area contributed by atoms with Gasteiger partial charge in [-0.3, -0.25) is 4.79 Å². The Bertz CT molecular complexity index is 1010. The number of halogens is 1. The molecule has 1 N–H and O–H groups in total. The number of hydrogen-bond acceptors (Lipinski definition) is 5. The number of anilines is 1. The highest BCUT2D eigenvalue weighted by atomic mass is 35.5. The summed E-state index contributed by atoms with van der Waals surface area (Å²) in [6.45, 7) is 0. The van der Waals surface area contributed by atoms with Crippen LogP contribution in [0.2, 0.25) is 5.02 Å². The molecule has 0 spiro atoms. The first-order chi connectivity index (χ1) is 13.6. The van der Waals surface area contributed by atoms with Crippen molar-refractivity contribution in [3.63, 3.8) is 0 Å². The number of hydrogen-bond donors (Lipinski definition) is 1. The first-order valence-electron chi connectivity index (χ1n) is 8.82. The second kappa shape index (κ2) is 7.20. The van der Waals surface area contributed by atoms with E-state index in [9.17, 15) is 4.79 Å². The molecule has 1 aromatic heterocycles. The van der Waals surface area contributed by atoms with E-state index in [0.29, 0.717) is 33.7 Å². The van der Waals surface area contributed by atoms with Gasteiger partial charge in [0.05, 0.1) is 25.3 Å². The van der Waals surface area contributed by atoms with Gasteiger partial charge < -0.3 is 19.3 Å². The smallest absolute Gasteiger partial charge is 0.236 e. The summed E-state index contributed by atoms with van der Waals surface area (Å²) in [7, 11) is 3.16. The average molecular weight is 399 g/mol. The van der Waals surface area contributed by atoms with Crippen LogP contribution >= 0.6 is 11.6 Å². The van der Waals surface area contributed by atoms with Crippen LogP contribution in [-0.2, 0) is 10.2 Å². The van der Waals surface area contributed by atoms with Gasteiger partial charge in [-0.1, -0.05) is 16.8 Å². The highest BCUT2D eigenvalue weighted by Gasteiger charge is 2.53. The molecule has 7 heteroatoms. The zero-order valence-electron chi connectivity index (χ0n) is 15.5. The van der Waals surface area contributed by atoms with E-state index in [-0.39, 0.29) is 5.91 Å². The van der Waals surface area contributed by atoms with Crippen molar-refractivity contribution in [2.45, 2.75) is 18.3 Å². The van der Waals surface area contributed by atoms with E-state index < -0.39 is 5.41 Å². The zero-order valence-corrected chi connectivity index (χ0v) is 16.2. The number of nitrogens with one attached hydrogen (secondary N) is 1. The van der Waals surface area contributed by atoms with E-state index in [4.69, 9.17) is 25.6 Å². The molecule has 1 saturated carbocycles. The van der Waals surface area contributed by atoms with Gasteiger partial charge in [0.2, 0.25) is 5.91 Å². The zero-order chi connectivity index (χ0) is 19.7. The van der Waals surface area contributed by atoms with E-state index in [0.717, 1.165) is 18.4 Å². The van der Waals surface area contributed by atoms with Gasteiger partial charge in [0.25, 0.3) is 0 Å². The number of carbonyl (C=O) groups is 1. The quantitative estimate of drug-likeness (QED) is 0.652. The van der Waals surface area contributed by atoms with Gasteiger partial charge in [0, 0.05) is 22.3 Å². The monoisotopic (exact) mass is 398 g/mol. The summed E-state index contributed by atoms with van der Waals surface area (Å²) in [5, 5.41) is 7.73. The van der Waals surface area contributed by atoms with E-state index in [1.807, 2.05) is 18.2 Å². The topological polar surface area (TPSA) is 73.6 Å². The summed E-state index contributed by atoms with van der Waals surface area (Å²) in [6.07, 6.45) is 1.45. The van der Waals surface area contributed by atoms with Crippen LogP contribution < -0.4 is 14.8 Å². The minimum absolute atomic E-state index is 0.0954. The third-order valence-corrected chi connectivity index (χ3v) is 5.21. The van der Waals surface area contributed by atoms with Crippen molar-refractivity contribution in [1.82, 2.24) is 5.16 Å². The van der Waals surface area contributed by atoms with Gasteiger partial charge in [0.15, 0.2) is 17.3 Å². The lowest BCUT2D eigenvalue weighted by molar-refractivity contribution is -0.118. The second-order valence-corrected chi connectivity index (χ2v) is 7.13. The van der Waals surface area contributed by atoms with Crippen LogP contribution in [0.1, 0.15) is 18.5 Å². The van der Waals surface area contributed by atoms with Gasteiger partial charge in [-0.15, -0.1) is 0 Å². The first-order valence-corrected chi connectivity index (χ1v) is 9.20. The van der Waals surface area contributed by atoms with Gasteiger partial charge in [0.1, 0.15) is 0 Å². The molecule has 4 rings (SSSR count). The molecule has 1 aliphatic carbocycles. The molecule has 2 aromatic carbocycles. The number of amides is 1. The summed E-state index contributed by atoms with van der Waals surface area (Å²) < 4.78 is 16.1. The summed E-state index contributed by atoms with van der Waals surface area (Å²) in [6, 6.07) is 14.3. The van der Waals surface area contributed by atoms with Crippen LogP contribution in [0.15, 0.2) is 53.1 Å². The molecule has 0 atom stereocenters. The largest absolute Gasteiger partial charge is 0.493 e. The molecule has 3 aromatic rings. The number of nitrogens with zero attached hydrogens (tertiary/aromatic N) is 1. The Labute approximate surface area is 167 Å².